The molecule has 3 heterocycles. The highest BCUT2D eigenvalue weighted by Gasteiger charge is 2.11. The van der Waals surface area contributed by atoms with E-state index >= 15 is 0 Å². The van der Waals surface area contributed by atoms with Crippen molar-refractivity contribution in [3.8, 4) is 11.3 Å². The van der Waals surface area contributed by atoms with E-state index in [1.165, 1.54) is 0 Å². The van der Waals surface area contributed by atoms with Crippen LogP contribution in [-0.4, -0.2) is 45.9 Å². The fraction of sp³-hybridized carbons (Fsp3) is 0.286. The molecule has 144 valence electrons. The second kappa shape index (κ2) is 7.82. The fourth-order valence-corrected chi connectivity index (χ4v) is 3.44. The Hall–Kier alpha value is -3.19. The maximum Gasteiger partial charge on any atom is 0.224 e. The van der Waals surface area contributed by atoms with Crippen molar-refractivity contribution in [3.63, 3.8) is 0 Å². The van der Waals surface area contributed by atoms with Gasteiger partial charge in [-0.2, -0.15) is 5.10 Å². The summed E-state index contributed by atoms with van der Waals surface area (Å²) < 4.78 is 6.86. The van der Waals surface area contributed by atoms with Crippen LogP contribution in [0.1, 0.15) is 12.0 Å². The van der Waals surface area contributed by atoms with Crippen LogP contribution in [0.4, 0.5) is 0 Å². The van der Waals surface area contributed by atoms with E-state index in [2.05, 4.69) is 26.4 Å². The zero-order valence-electron chi connectivity index (χ0n) is 16.0. The van der Waals surface area contributed by atoms with Gasteiger partial charge in [-0.15, -0.1) is 0 Å². The number of hydrogen-bond donors (Lipinski definition) is 2. The zero-order valence-corrected chi connectivity index (χ0v) is 16.0. The molecule has 0 saturated heterocycles. The Balaban J connectivity index is 1.56. The number of methoxy groups -OCH3 is 1. The summed E-state index contributed by atoms with van der Waals surface area (Å²) in [5, 5.41) is 9.29. The molecule has 0 aliphatic rings. The van der Waals surface area contributed by atoms with E-state index in [1.807, 2.05) is 48.4 Å². The highest BCUT2D eigenvalue weighted by atomic mass is 16.5. The van der Waals surface area contributed by atoms with E-state index in [-0.39, 0.29) is 5.91 Å². The minimum Gasteiger partial charge on any atom is -0.385 e. The van der Waals surface area contributed by atoms with Crippen LogP contribution in [0.15, 0.2) is 42.7 Å². The third kappa shape index (κ3) is 3.61. The van der Waals surface area contributed by atoms with Crippen LogP contribution in [0.3, 0.4) is 0 Å². The number of rotatable bonds is 7. The van der Waals surface area contributed by atoms with Crippen molar-refractivity contribution in [2.24, 2.45) is 7.05 Å². The minimum absolute atomic E-state index is 0.0168. The van der Waals surface area contributed by atoms with Gasteiger partial charge in [0.2, 0.25) is 5.91 Å². The molecule has 2 N–H and O–H groups in total. The fourth-order valence-electron chi connectivity index (χ4n) is 3.44. The zero-order chi connectivity index (χ0) is 19.5. The van der Waals surface area contributed by atoms with Crippen molar-refractivity contribution in [2.45, 2.75) is 12.8 Å². The molecule has 7 nitrogen and oxygen atoms in total. The van der Waals surface area contributed by atoms with E-state index in [9.17, 15) is 4.79 Å². The van der Waals surface area contributed by atoms with Gasteiger partial charge in [0.15, 0.2) is 0 Å². The Morgan fingerprint density at radius 2 is 2.18 bits per heavy atom. The average Bonchev–Trinajstić information content (AvgIpc) is 3.29. The standard InChI is InChI=1S/C21H23N5O2/c1-26-20-16(13-24-26)12-23-21-17(20)11-18(25-21)15-6-3-5-14(9-15)10-19(27)22-7-4-8-28-2/h3,5-6,9,11-13H,4,7-8,10H2,1-2H3,(H,22,27)(H,23,25). The van der Waals surface area contributed by atoms with Crippen LogP contribution in [0.25, 0.3) is 33.2 Å². The number of fused-ring (bicyclic) bond motifs is 3. The second-order valence-corrected chi connectivity index (χ2v) is 6.85. The number of carbonyl (C=O) groups excluding carboxylic acids is 1. The normalized spacial score (nSPS) is 11.4. The molecule has 4 aromatic rings. The number of nitrogens with one attached hydrogen (secondary N) is 2. The van der Waals surface area contributed by atoms with Gasteiger partial charge >= 0.3 is 0 Å². The predicted octanol–water partition coefficient (Wildman–Crippen LogP) is 2.81. The molecule has 0 unspecified atom stereocenters. The highest BCUT2D eigenvalue weighted by Crippen LogP contribution is 2.28. The number of aromatic nitrogens is 4. The Labute approximate surface area is 162 Å². The molecule has 0 atom stereocenters. The van der Waals surface area contributed by atoms with E-state index in [1.54, 1.807) is 7.11 Å². The largest absolute Gasteiger partial charge is 0.385 e. The predicted molar refractivity (Wildman–Crippen MR) is 109 cm³/mol. The van der Waals surface area contributed by atoms with E-state index in [0.717, 1.165) is 45.2 Å². The van der Waals surface area contributed by atoms with Gasteiger partial charge in [-0.3, -0.25) is 9.48 Å². The molecule has 0 fully saturated rings. The Kier molecular flexibility index (Phi) is 5.08. The van der Waals surface area contributed by atoms with Crippen LogP contribution in [0.2, 0.25) is 0 Å². The van der Waals surface area contributed by atoms with Crippen molar-refractivity contribution in [2.75, 3.05) is 20.3 Å². The molecule has 0 radical (unpaired) electrons. The molecular weight excluding hydrogens is 354 g/mol. The molecule has 0 bridgehead atoms. The van der Waals surface area contributed by atoms with Gasteiger partial charge in [-0.05, 0) is 29.7 Å². The lowest BCUT2D eigenvalue weighted by atomic mass is 10.1. The molecule has 1 amide bonds. The summed E-state index contributed by atoms with van der Waals surface area (Å²) in [6.45, 7) is 1.27. The first-order valence-corrected chi connectivity index (χ1v) is 9.30. The molecule has 4 rings (SSSR count). The number of nitrogens with zero attached hydrogens (tertiary/aromatic N) is 3. The van der Waals surface area contributed by atoms with Crippen LogP contribution >= 0.6 is 0 Å². The van der Waals surface area contributed by atoms with Gasteiger partial charge in [0.05, 0.1) is 18.1 Å². The molecule has 0 aliphatic heterocycles. The van der Waals surface area contributed by atoms with Crippen molar-refractivity contribution >= 4 is 27.8 Å². The van der Waals surface area contributed by atoms with Gasteiger partial charge < -0.3 is 15.0 Å². The molecule has 3 aromatic heterocycles. The van der Waals surface area contributed by atoms with Gasteiger partial charge in [-0.1, -0.05) is 18.2 Å². The van der Waals surface area contributed by atoms with E-state index in [0.29, 0.717) is 19.6 Å². The van der Waals surface area contributed by atoms with Crippen LogP contribution in [-0.2, 0) is 23.0 Å². The number of pyridine rings is 1. The number of H-pyrrole nitrogens is 1. The van der Waals surface area contributed by atoms with Crippen molar-refractivity contribution in [1.82, 2.24) is 25.1 Å². The van der Waals surface area contributed by atoms with E-state index < -0.39 is 0 Å². The lowest BCUT2D eigenvalue weighted by Gasteiger charge is -2.06. The average molecular weight is 377 g/mol. The quantitative estimate of drug-likeness (QED) is 0.485. The highest BCUT2D eigenvalue weighted by molar-refractivity contribution is 6.04. The van der Waals surface area contributed by atoms with Crippen LogP contribution < -0.4 is 5.32 Å². The summed E-state index contributed by atoms with van der Waals surface area (Å²) in [7, 11) is 3.59. The maximum absolute atomic E-state index is 12.1. The first kappa shape index (κ1) is 18.2. The van der Waals surface area contributed by atoms with Crippen molar-refractivity contribution in [1.29, 1.82) is 0 Å². The van der Waals surface area contributed by atoms with Gasteiger partial charge in [0.25, 0.3) is 0 Å². The Morgan fingerprint density at radius 3 is 3.04 bits per heavy atom. The molecule has 0 aliphatic carbocycles. The van der Waals surface area contributed by atoms with Gasteiger partial charge in [0.1, 0.15) is 5.65 Å². The Morgan fingerprint density at radius 1 is 1.29 bits per heavy atom. The maximum atomic E-state index is 12.1. The number of ether oxygens (including phenoxy) is 1. The van der Waals surface area contributed by atoms with Gasteiger partial charge in [0, 0.05) is 50.0 Å². The lowest BCUT2D eigenvalue weighted by Crippen LogP contribution is -2.26. The summed E-state index contributed by atoms with van der Waals surface area (Å²) in [6, 6.07) is 10.1. The third-order valence-corrected chi connectivity index (χ3v) is 4.80. The van der Waals surface area contributed by atoms with E-state index in [4.69, 9.17) is 4.74 Å². The first-order valence-electron chi connectivity index (χ1n) is 9.30. The number of amides is 1. The summed E-state index contributed by atoms with van der Waals surface area (Å²) in [4.78, 5) is 20.0. The smallest absolute Gasteiger partial charge is 0.224 e. The monoisotopic (exact) mass is 377 g/mol. The number of aromatic amines is 1. The summed E-state index contributed by atoms with van der Waals surface area (Å²) in [6.07, 6.45) is 4.81. The lowest BCUT2D eigenvalue weighted by molar-refractivity contribution is -0.120. The molecule has 0 saturated carbocycles. The first-order chi connectivity index (χ1) is 13.7. The third-order valence-electron chi connectivity index (χ3n) is 4.80. The SMILES string of the molecule is COCCCNC(=O)Cc1cccc(-c2cc3c(ncc4cnn(C)c43)[nH]2)c1. The number of carbonyl (C=O) groups is 1. The van der Waals surface area contributed by atoms with Crippen LogP contribution in [0, 0.1) is 0 Å². The van der Waals surface area contributed by atoms with Crippen LogP contribution in [0.5, 0.6) is 0 Å². The number of hydrogen-bond acceptors (Lipinski definition) is 4. The molecule has 0 spiro atoms. The molecule has 28 heavy (non-hydrogen) atoms. The topological polar surface area (TPSA) is 84.8 Å². The molecular formula is C21H23N5O2. The van der Waals surface area contributed by atoms with Gasteiger partial charge in [-0.25, -0.2) is 4.98 Å². The molecule has 1 aromatic carbocycles. The summed E-state index contributed by atoms with van der Waals surface area (Å²) in [5.74, 6) is 0.0168. The number of benzene rings is 1. The second-order valence-electron chi connectivity index (χ2n) is 6.85. The summed E-state index contributed by atoms with van der Waals surface area (Å²) in [5.41, 5.74) is 4.85. The molecule has 7 heteroatoms. The minimum atomic E-state index is 0.0168. The van der Waals surface area contributed by atoms with Crippen molar-refractivity contribution < 1.29 is 9.53 Å². The summed E-state index contributed by atoms with van der Waals surface area (Å²) >= 11 is 0. The Bertz CT molecular complexity index is 1130. The van der Waals surface area contributed by atoms with Crippen molar-refractivity contribution in [3.05, 3.63) is 48.3 Å². The number of aryl methyl sites for hydroxylation is 1.